The molecule has 2 rings (SSSR count). The summed E-state index contributed by atoms with van der Waals surface area (Å²) in [5.74, 6) is 0. The van der Waals surface area contributed by atoms with Crippen LogP contribution >= 0.6 is 0 Å². The van der Waals surface area contributed by atoms with Crippen molar-refractivity contribution < 1.29 is 4.79 Å². The van der Waals surface area contributed by atoms with Gasteiger partial charge in [0.05, 0.1) is 23.4 Å². The van der Waals surface area contributed by atoms with Gasteiger partial charge in [0.15, 0.2) is 0 Å². The van der Waals surface area contributed by atoms with E-state index in [1.54, 1.807) is 4.57 Å². The molecule has 0 aliphatic rings. The highest BCUT2D eigenvalue weighted by Crippen LogP contribution is 2.18. The summed E-state index contributed by atoms with van der Waals surface area (Å²) < 4.78 is 1.79. The summed E-state index contributed by atoms with van der Waals surface area (Å²) in [6.07, 6.45) is 2.08. The van der Waals surface area contributed by atoms with Crippen molar-refractivity contribution in [1.82, 2.24) is 30.7 Å². The number of nitrogens with one attached hydrogen (secondary N) is 4. The number of aromatic nitrogens is 1. The molecule has 2 heterocycles. The average Bonchev–Trinajstić information content (AvgIpc) is 3.21. The van der Waals surface area contributed by atoms with Crippen LogP contribution in [0.5, 0.6) is 0 Å². The van der Waals surface area contributed by atoms with Gasteiger partial charge in [0.25, 0.3) is 0 Å². The number of amides is 1. The van der Waals surface area contributed by atoms with E-state index in [0.717, 1.165) is 23.9 Å². The molecule has 0 aliphatic carbocycles. The zero-order chi connectivity index (χ0) is 17.5. The first-order valence-corrected chi connectivity index (χ1v) is 8.52. The molecule has 0 aliphatic heterocycles. The summed E-state index contributed by atoms with van der Waals surface area (Å²) in [5.41, 5.74) is 1.91. The van der Waals surface area contributed by atoms with Gasteiger partial charge in [-0.15, -0.1) is 0 Å². The van der Waals surface area contributed by atoms with Crippen LogP contribution in [0.25, 0.3) is 11.0 Å². The number of fused-ring (bicyclic) bond motifs is 2. The Morgan fingerprint density at radius 1 is 0.875 bits per heavy atom. The van der Waals surface area contributed by atoms with Gasteiger partial charge in [0.1, 0.15) is 0 Å². The van der Waals surface area contributed by atoms with Crippen LogP contribution in [0.4, 0.5) is 4.79 Å². The fraction of sp³-hybridized carbons (Fsp3) is 0.588. The van der Waals surface area contributed by atoms with Crippen molar-refractivity contribution in [3.8, 4) is 0 Å². The largest absolute Gasteiger partial charge is 0.329 e. The Balaban J connectivity index is 2.07. The Kier molecular flexibility index (Phi) is 6.99. The van der Waals surface area contributed by atoms with Gasteiger partial charge in [-0.1, -0.05) is 0 Å². The van der Waals surface area contributed by atoms with E-state index in [9.17, 15) is 4.79 Å². The van der Waals surface area contributed by atoms with E-state index in [1.165, 1.54) is 0 Å². The second-order valence-electron chi connectivity index (χ2n) is 5.96. The standard InChI is InChI=1S/C17H30N6O/c1-18-15(19-2)9-11-22(12-10-16(20-3)21-4)17(24)23-13-5-6-14(23)8-7-13/h5-8,15-16,18-21H,9-12H2,1-4H3. The third-order valence-corrected chi connectivity index (χ3v) is 4.60. The molecule has 24 heavy (non-hydrogen) atoms. The Morgan fingerprint density at radius 3 is 1.58 bits per heavy atom. The summed E-state index contributed by atoms with van der Waals surface area (Å²) in [6, 6.07) is 7.99. The third kappa shape index (κ3) is 4.24. The lowest BCUT2D eigenvalue weighted by atomic mass is 10.2. The van der Waals surface area contributed by atoms with Gasteiger partial charge < -0.3 is 26.2 Å². The molecule has 2 aromatic heterocycles. The number of carbonyl (C=O) groups excluding carboxylic acids is 1. The second kappa shape index (κ2) is 8.98. The van der Waals surface area contributed by atoms with E-state index in [0.29, 0.717) is 13.1 Å². The number of rotatable bonds is 10. The number of nitrogens with zero attached hydrogens (tertiary/aromatic N) is 2. The first kappa shape index (κ1) is 18.7. The van der Waals surface area contributed by atoms with Gasteiger partial charge >= 0.3 is 6.03 Å². The number of hydrogen-bond donors (Lipinski definition) is 4. The average molecular weight is 334 g/mol. The van der Waals surface area contributed by atoms with Crippen molar-refractivity contribution in [1.29, 1.82) is 0 Å². The summed E-state index contributed by atoms with van der Waals surface area (Å²) in [7, 11) is 7.69. The maximum atomic E-state index is 13.0. The van der Waals surface area contributed by atoms with Crippen LogP contribution in [0.15, 0.2) is 24.3 Å². The molecule has 2 bridgehead atoms. The second-order valence-corrected chi connectivity index (χ2v) is 5.96. The summed E-state index contributed by atoms with van der Waals surface area (Å²) in [5, 5.41) is 12.8. The maximum Gasteiger partial charge on any atom is 0.329 e. The van der Waals surface area contributed by atoms with Gasteiger partial charge in [-0.25, -0.2) is 4.79 Å². The molecule has 134 valence electrons. The summed E-state index contributed by atoms with van der Waals surface area (Å²) in [4.78, 5) is 15.0. The number of benzene rings is 1. The van der Waals surface area contributed by atoms with E-state index in [4.69, 9.17) is 0 Å². The summed E-state index contributed by atoms with van der Waals surface area (Å²) >= 11 is 0. The molecule has 0 saturated heterocycles. The fourth-order valence-corrected chi connectivity index (χ4v) is 3.00. The van der Waals surface area contributed by atoms with Crippen molar-refractivity contribution in [2.24, 2.45) is 0 Å². The van der Waals surface area contributed by atoms with Gasteiger partial charge in [0.2, 0.25) is 0 Å². The van der Waals surface area contributed by atoms with Crippen LogP contribution < -0.4 is 21.3 Å². The summed E-state index contributed by atoms with van der Waals surface area (Å²) in [6.45, 7) is 1.39. The van der Waals surface area contributed by atoms with Crippen LogP contribution in [0.2, 0.25) is 0 Å². The van der Waals surface area contributed by atoms with E-state index >= 15 is 0 Å². The Hall–Kier alpha value is -1.67. The monoisotopic (exact) mass is 334 g/mol. The maximum absolute atomic E-state index is 13.0. The Morgan fingerprint density at radius 2 is 1.25 bits per heavy atom. The smallest absolute Gasteiger partial charge is 0.324 e. The fourth-order valence-electron chi connectivity index (χ4n) is 3.00. The normalized spacial score (nSPS) is 11.9. The minimum absolute atomic E-state index is 0.0481. The van der Waals surface area contributed by atoms with Crippen LogP contribution in [0.1, 0.15) is 12.8 Å². The molecule has 1 amide bonds. The highest BCUT2D eigenvalue weighted by atomic mass is 16.2. The Labute approximate surface area is 144 Å². The SMILES string of the molecule is CNC(CCN(CCC(NC)NC)C(=O)n1c2ccc1cc2)NC. The topological polar surface area (TPSA) is 73.4 Å². The molecule has 0 radical (unpaired) electrons. The first-order valence-electron chi connectivity index (χ1n) is 8.52. The van der Waals surface area contributed by atoms with Crippen molar-refractivity contribution in [2.45, 2.75) is 25.2 Å². The van der Waals surface area contributed by atoms with Gasteiger partial charge in [-0.3, -0.25) is 4.57 Å². The van der Waals surface area contributed by atoms with E-state index in [2.05, 4.69) is 21.3 Å². The highest BCUT2D eigenvalue weighted by molar-refractivity contribution is 5.90. The third-order valence-electron chi connectivity index (χ3n) is 4.60. The molecule has 0 aromatic carbocycles. The van der Waals surface area contributed by atoms with Crippen molar-refractivity contribution in [3.05, 3.63) is 24.3 Å². The van der Waals surface area contributed by atoms with Crippen LogP contribution in [-0.4, -0.2) is 69.1 Å². The zero-order valence-electron chi connectivity index (χ0n) is 15.1. The molecule has 7 nitrogen and oxygen atoms in total. The van der Waals surface area contributed by atoms with Crippen molar-refractivity contribution in [2.75, 3.05) is 41.3 Å². The minimum atomic E-state index is 0.0481. The Bertz CT molecular complexity index is 541. The molecule has 0 saturated carbocycles. The zero-order valence-corrected chi connectivity index (χ0v) is 15.1. The van der Waals surface area contributed by atoms with Crippen molar-refractivity contribution in [3.63, 3.8) is 0 Å². The first-order chi connectivity index (χ1) is 11.6. The molecule has 2 aromatic rings. The van der Waals surface area contributed by atoms with Crippen LogP contribution in [0.3, 0.4) is 0 Å². The molecule has 0 atom stereocenters. The highest BCUT2D eigenvalue weighted by Gasteiger charge is 2.20. The number of hydrogen-bond acceptors (Lipinski definition) is 5. The van der Waals surface area contributed by atoms with Gasteiger partial charge in [0, 0.05) is 13.1 Å². The minimum Gasteiger partial charge on any atom is -0.324 e. The van der Waals surface area contributed by atoms with E-state index < -0.39 is 0 Å². The predicted molar refractivity (Wildman–Crippen MR) is 98.5 cm³/mol. The van der Waals surface area contributed by atoms with E-state index in [-0.39, 0.29) is 18.4 Å². The van der Waals surface area contributed by atoms with Crippen molar-refractivity contribution >= 4 is 17.1 Å². The molecule has 0 fully saturated rings. The molecule has 7 heteroatoms. The molecule has 0 unspecified atom stereocenters. The van der Waals surface area contributed by atoms with Gasteiger partial charge in [-0.2, -0.15) is 0 Å². The molecular formula is C17H30N6O. The van der Waals surface area contributed by atoms with Crippen LogP contribution in [-0.2, 0) is 0 Å². The lowest BCUT2D eigenvalue weighted by molar-refractivity contribution is 0.193. The quantitative estimate of drug-likeness (QED) is 0.481. The van der Waals surface area contributed by atoms with Gasteiger partial charge in [-0.05, 0) is 65.3 Å². The van der Waals surface area contributed by atoms with E-state index in [1.807, 2.05) is 57.4 Å². The molecular weight excluding hydrogens is 304 g/mol. The lowest BCUT2D eigenvalue weighted by Gasteiger charge is -2.27. The van der Waals surface area contributed by atoms with Crippen LogP contribution in [0, 0.1) is 0 Å². The molecule has 4 N–H and O–H groups in total. The number of carbonyl (C=O) groups is 1. The predicted octanol–water partition coefficient (Wildman–Crippen LogP) is 0.659. The lowest BCUT2D eigenvalue weighted by Crippen LogP contribution is -2.45. The molecule has 0 spiro atoms.